The van der Waals surface area contributed by atoms with E-state index in [4.69, 9.17) is 5.11 Å². The van der Waals surface area contributed by atoms with Crippen molar-refractivity contribution in [2.45, 2.75) is 37.1 Å². The maximum Gasteiger partial charge on any atom is 0.322 e. The third-order valence-electron chi connectivity index (χ3n) is 3.10. The Morgan fingerprint density at radius 1 is 1.13 bits per heavy atom. The first-order valence-corrected chi connectivity index (χ1v) is 10.3. The molecule has 1 atom stereocenters. The summed E-state index contributed by atoms with van der Waals surface area (Å²) in [5, 5.41) is 9.01. The van der Waals surface area contributed by atoms with Gasteiger partial charge in [0.2, 0.25) is 10.0 Å². The van der Waals surface area contributed by atoms with E-state index in [-0.39, 0.29) is 10.3 Å². The van der Waals surface area contributed by atoms with Gasteiger partial charge in [0, 0.05) is 6.26 Å². The maximum absolute atomic E-state index is 12.2. The summed E-state index contributed by atoms with van der Waals surface area (Å²) in [5.41, 5.74) is 0.762. The summed E-state index contributed by atoms with van der Waals surface area (Å²) in [6.07, 6.45) is 0.843. The summed E-state index contributed by atoms with van der Waals surface area (Å²) in [6, 6.07) is 4.27. The van der Waals surface area contributed by atoms with Crippen LogP contribution < -0.4 is 4.72 Å². The average molecular weight is 363 g/mol. The minimum atomic E-state index is -4.13. The Bertz CT molecular complexity index is 774. The topological polar surface area (TPSA) is 118 Å². The smallest absolute Gasteiger partial charge is 0.322 e. The number of sulfonamides is 1. The second-order valence-electron chi connectivity index (χ2n) is 6.38. The quantitative estimate of drug-likeness (QED) is 0.770. The molecule has 0 amide bonds. The molecule has 0 saturated heterocycles. The van der Waals surface area contributed by atoms with Gasteiger partial charge in [-0.3, -0.25) is 4.79 Å². The van der Waals surface area contributed by atoms with Gasteiger partial charge in [-0.25, -0.2) is 16.8 Å². The van der Waals surface area contributed by atoms with Crippen LogP contribution in [0.25, 0.3) is 0 Å². The van der Waals surface area contributed by atoms with Gasteiger partial charge in [0.1, 0.15) is 15.9 Å². The molecule has 2 N–H and O–H groups in total. The fourth-order valence-corrected chi connectivity index (χ4v) is 3.97. The number of hydrogen-bond donors (Lipinski definition) is 2. The minimum absolute atomic E-state index is 0.120. The van der Waals surface area contributed by atoms with E-state index in [1.807, 2.05) is 25.5 Å². The van der Waals surface area contributed by atoms with Gasteiger partial charge < -0.3 is 5.11 Å². The summed E-state index contributed by atoms with van der Waals surface area (Å²) in [7, 11) is -7.79. The monoisotopic (exact) mass is 363 g/mol. The molecule has 0 fully saturated rings. The highest BCUT2D eigenvalue weighted by Gasteiger charge is 2.28. The van der Waals surface area contributed by atoms with Crippen LogP contribution in [0.4, 0.5) is 0 Å². The van der Waals surface area contributed by atoms with Crippen LogP contribution in [0.5, 0.6) is 0 Å². The molecule has 1 aromatic carbocycles. The number of aliphatic carboxylic acids is 1. The number of carbonyl (C=O) groups is 1. The number of nitrogens with one attached hydrogen (secondary N) is 1. The van der Waals surface area contributed by atoms with Crippen LogP contribution in [0, 0.1) is 0 Å². The predicted molar refractivity (Wildman–Crippen MR) is 86.6 cm³/mol. The van der Waals surface area contributed by atoms with Crippen LogP contribution in [0.2, 0.25) is 0 Å². The van der Waals surface area contributed by atoms with E-state index in [0.717, 1.165) is 11.8 Å². The first-order valence-electron chi connectivity index (χ1n) is 6.76. The molecule has 0 aliphatic heterocycles. The van der Waals surface area contributed by atoms with Crippen molar-refractivity contribution in [1.29, 1.82) is 0 Å². The third kappa shape index (κ3) is 5.92. The lowest BCUT2D eigenvalue weighted by Gasteiger charge is -2.19. The molecule has 0 heterocycles. The molecule has 0 bridgehead atoms. The van der Waals surface area contributed by atoms with Gasteiger partial charge in [0.15, 0.2) is 0 Å². The number of carboxylic acids is 1. The van der Waals surface area contributed by atoms with Crippen molar-refractivity contribution in [3.8, 4) is 0 Å². The van der Waals surface area contributed by atoms with Crippen LogP contribution in [0.1, 0.15) is 26.3 Å². The lowest BCUT2D eigenvalue weighted by molar-refractivity contribution is -0.138. The van der Waals surface area contributed by atoms with E-state index in [2.05, 4.69) is 0 Å². The van der Waals surface area contributed by atoms with Crippen molar-refractivity contribution in [2.24, 2.45) is 0 Å². The lowest BCUT2D eigenvalue weighted by atomic mass is 9.87. The molecule has 1 rings (SSSR count). The zero-order valence-electron chi connectivity index (χ0n) is 13.4. The van der Waals surface area contributed by atoms with Crippen molar-refractivity contribution in [3.63, 3.8) is 0 Å². The Labute approximate surface area is 136 Å². The van der Waals surface area contributed by atoms with Crippen LogP contribution in [0.3, 0.4) is 0 Å². The maximum atomic E-state index is 12.2. The molecule has 0 aliphatic rings. The highest BCUT2D eigenvalue weighted by molar-refractivity contribution is 7.91. The average Bonchev–Trinajstić information content (AvgIpc) is 2.35. The molecular weight excluding hydrogens is 342 g/mol. The second kappa shape index (κ2) is 6.58. The first-order chi connectivity index (χ1) is 10.2. The fourth-order valence-electron chi connectivity index (χ4n) is 1.85. The van der Waals surface area contributed by atoms with Gasteiger partial charge in [0.05, 0.1) is 10.6 Å². The largest absolute Gasteiger partial charge is 0.480 e. The van der Waals surface area contributed by atoms with Gasteiger partial charge in [-0.15, -0.1) is 0 Å². The number of hydrogen-bond acceptors (Lipinski definition) is 5. The van der Waals surface area contributed by atoms with E-state index in [9.17, 15) is 21.6 Å². The molecule has 1 unspecified atom stereocenters. The second-order valence-corrected chi connectivity index (χ2v) is 10.3. The van der Waals surface area contributed by atoms with Crippen LogP contribution >= 0.6 is 0 Å². The van der Waals surface area contributed by atoms with Crippen molar-refractivity contribution in [2.75, 3.05) is 12.0 Å². The van der Waals surface area contributed by atoms with Gasteiger partial charge in [-0.05, 0) is 23.1 Å². The molecule has 0 radical (unpaired) electrons. The molecule has 7 nitrogen and oxygen atoms in total. The molecule has 0 aromatic heterocycles. The third-order valence-corrected chi connectivity index (χ3v) is 5.52. The molecular formula is C14H21NO6S2. The SMILES string of the molecule is CC(C)(C)c1ccc(S(=O)(=O)NC(CS(C)(=O)=O)C(=O)O)cc1. The van der Waals surface area contributed by atoms with Gasteiger partial charge in [0.25, 0.3) is 0 Å². The van der Waals surface area contributed by atoms with Crippen molar-refractivity contribution >= 4 is 25.8 Å². The number of rotatable bonds is 6. The Kier molecular flexibility index (Phi) is 5.61. The fraction of sp³-hybridized carbons (Fsp3) is 0.500. The van der Waals surface area contributed by atoms with Gasteiger partial charge >= 0.3 is 5.97 Å². The Morgan fingerprint density at radius 2 is 1.61 bits per heavy atom. The van der Waals surface area contributed by atoms with Crippen molar-refractivity contribution in [1.82, 2.24) is 4.72 Å². The summed E-state index contributed by atoms with van der Waals surface area (Å²) < 4.78 is 48.8. The molecule has 130 valence electrons. The molecule has 0 saturated carbocycles. The normalized spacial score (nSPS) is 14.4. The summed E-state index contributed by atoms with van der Waals surface area (Å²) in [5.74, 6) is -2.37. The van der Waals surface area contributed by atoms with Gasteiger partial charge in [-0.1, -0.05) is 32.9 Å². The Hall–Kier alpha value is -1.45. The van der Waals surface area contributed by atoms with Crippen LogP contribution in [-0.2, 0) is 30.1 Å². The number of sulfone groups is 1. The highest BCUT2D eigenvalue weighted by Crippen LogP contribution is 2.23. The zero-order chi connectivity index (χ0) is 18.1. The van der Waals surface area contributed by atoms with E-state index >= 15 is 0 Å². The van der Waals surface area contributed by atoms with Crippen LogP contribution in [0.15, 0.2) is 29.2 Å². The Balaban J connectivity index is 3.08. The van der Waals surface area contributed by atoms with E-state index in [1.54, 1.807) is 12.1 Å². The summed E-state index contributed by atoms with van der Waals surface area (Å²) in [4.78, 5) is 11.0. The van der Waals surface area contributed by atoms with E-state index in [0.29, 0.717) is 0 Å². The van der Waals surface area contributed by atoms with Crippen molar-refractivity contribution in [3.05, 3.63) is 29.8 Å². The summed E-state index contributed by atoms with van der Waals surface area (Å²) in [6.45, 7) is 5.92. The van der Waals surface area contributed by atoms with Gasteiger partial charge in [-0.2, -0.15) is 4.72 Å². The standard InChI is InChI=1S/C14H21NO6S2/c1-14(2,3)10-5-7-11(8-6-10)23(20,21)15-12(13(16)17)9-22(4,18)19/h5-8,12,15H,9H2,1-4H3,(H,16,17). The molecule has 0 spiro atoms. The highest BCUT2D eigenvalue weighted by atomic mass is 32.2. The first kappa shape index (κ1) is 19.6. The predicted octanol–water partition coefficient (Wildman–Crippen LogP) is 0.760. The summed E-state index contributed by atoms with van der Waals surface area (Å²) >= 11 is 0. The molecule has 0 aliphatic carbocycles. The van der Waals surface area contributed by atoms with E-state index in [1.165, 1.54) is 12.1 Å². The van der Waals surface area contributed by atoms with Crippen molar-refractivity contribution < 1.29 is 26.7 Å². The Morgan fingerprint density at radius 3 is 1.96 bits per heavy atom. The van der Waals surface area contributed by atoms with E-state index < -0.39 is 37.6 Å². The molecule has 23 heavy (non-hydrogen) atoms. The zero-order valence-corrected chi connectivity index (χ0v) is 15.0. The number of carboxylic acid groups (broad SMARTS) is 1. The molecule has 1 aromatic rings. The minimum Gasteiger partial charge on any atom is -0.480 e. The molecule has 9 heteroatoms. The lowest BCUT2D eigenvalue weighted by Crippen LogP contribution is -2.45. The van der Waals surface area contributed by atoms with Crippen LogP contribution in [-0.4, -0.2) is 46.0 Å². The number of benzene rings is 1.